The third kappa shape index (κ3) is 143. The fourth-order valence-electron chi connectivity index (χ4n) is 0. The van der Waals surface area contributed by atoms with Crippen molar-refractivity contribution in [2.75, 3.05) is 0 Å². The quantitative estimate of drug-likeness (QED) is 0.267. The fourth-order valence-corrected chi connectivity index (χ4v) is 0. The fraction of sp³-hybridized carbons (Fsp3) is 1.00. The molecule has 0 aliphatic carbocycles. The molecule has 0 spiro atoms. The van der Waals surface area contributed by atoms with Gasteiger partial charge in [0.05, 0.1) is 0 Å². The van der Waals surface area contributed by atoms with Crippen molar-refractivity contribution in [1.29, 1.82) is 0 Å². The molecule has 0 rings (SSSR count). The number of hydrogen-bond donors (Lipinski definition) is 0. The second kappa shape index (κ2) is 5.29. The van der Waals surface area contributed by atoms with Crippen LogP contribution in [0.15, 0.2) is 0 Å². The van der Waals surface area contributed by atoms with Gasteiger partial charge in [0.1, 0.15) is 0 Å². The van der Waals surface area contributed by atoms with Crippen LogP contribution in [0.3, 0.4) is 0 Å². The molecule has 3 heteroatoms. The second-order valence-corrected chi connectivity index (χ2v) is 2.25. The third-order valence-corrected chi connectivity index (χ3v) is 0. The molecule has 0 aromatic heterocycles. The second-order valence-electron chi connectivity index (χ2n) is 2.25. The zero-order valence-electron chi connectivity index (χ0n) is 6.00. The minimum absolute atomic E-state index is 0. The van der Waals surface area contributed by atoms with Crippen molar-refractivity contribution in [3.05, 3.63) is 5.73 Å². The smallest absolute Gasteiger partial charge is 0.673 e. The Balaban J connectivity index is -0.0000000800. The van der Waals surface area contributed by atoms with Crippen molar-refractivity contribution < 1.29 is 37.7 Å². The van der Waals surface area contributed by atoms with Crippen LogP contribution < -0.4 is 37.7 Å². The first-order valence-corrected chi connectivity index (χ1v) is 1.75. The van der Waals surface area contributed by atoms with E-state index in [4.69, 9.17) is 5.73 Å². The van der Waals surface area contributed by atoms with Gasteiger partial charge < -0.3 is 5.73 Å². The van der Waals surface area contributed by atoms with E-state index in [9.17, 15) is 0 Å². The van der Waals surface area contributed by atoms with Gasteiger partial charge >= 0.3 is 37.7 Å². The van der Waals surface area contributed by atoms with Gasteiger partial charge in [-0.1, -0.05) is 20.8 Å². The van der Waals surface area contributed by atoms with Crippen LogP contribution in [0.1, 0.15) is 20.8 Å². The van der Waals surface area contributed by atoms with Gasteiger partial charge in [0.2, 0.25) is 0 Å². The van der Waals surface area contributed by atoms with E-state index in [1.807, 2.05) is 20.8 Å². The first-order valence-electron chi connectivity index (χ1n) is 1.75. The van der Waals surface area contributed by atoms with E-state index >= 15 is 0 Å². The van der Waals surface area contributed by atoms with Gasteiger partial charge in [-0.2, -0.15) is 0 Å². The van der Waals surface area contributed by atoms with Crippen LogP contribution >= 0.6 is 0 Å². The van der Waals surface area contributed by atoms with E-state index < -0.39 is 0 Å². The van der Waals surface area contributed by atoms with Gasteiger partial charge in [-0.15, -0.1) is 5.54 Å². The van der Waals surface area contributed by atoms with Crippen LogP contribution in [-0.2, 0) is 0 Å². The maximum atomic E-state index is 6.94. The monoisotopic (exact) mass is 86.1 g/mol. The third-order valence-electron chi connectivity index (χ3n) is 0. The van der Waals surface area contributed by atoms with E-state index in [1.165, 1.54) is 0 Å². The van der Waals surface area contributed by atoms with E-state index in [0.717, 1.165) is 0 Å². The maximum Gasteiger partial charge on any atom is 1.00 e. The van der Waals surface area contributed by atoms with Crippen molar-refractivity contribution in [1.82, 2.24) is 0 Å². The molecule has 0 saturated carbocycles. The zero-order chi connectivity index (χ0) is 4.50. The molecule has 0 atom stereocenters. The molecular weight excluding hydrogens is 75.9 g/mol. The molecule has 7 heavy (non-hydrogen) atoms. The molecule has 0 aromatic carbocycles. The summed E-state index contributed by atoms with van der Waals surface area (Å²) >= 11 is 0. The molecule has 0 heterocycles. The summed E-state index contributed by atoms with van der Waals surface area (Å²) in [6, 6.07) is 0. The zero-order valence-corrected chi connectivity index (χ0v) is 6.00. The minimum atomic E-state index is -0.250. The van der Waals surface area contributed by atoms with Crippen LogP contribution in [0.5, 0.6) is 0 Å². The predicted molar refractivity (Wildman–Crippen MR) is 24.1 cm³/mol. The van der Waals surface area contributed by atoms with Crippen LogP contribution in [-0.4, -0.2) is 5.54 Å². The molecule has 0 saturated heterocycles. The molecule has 0 fully saturated rings. The van der Waals surface area contributed by atoms with Gasteiger partial charge in [-0.25, -0.2) is 0 Å². The van der Waals surface area contributed by atoms with E-state index in [2.05, 4.69) is 0 Å². The van der Waals surface area contributed by atoms with E-state index in [-0.39, 0.29) is 43.3 Å². The van der Waals surface area contributed by atoms with Gasteiger partial charge in [-0.05, 0) is 0 Å². The molecule has 0 aromatic rings. The molecule has 0 bridgehead atoms. The molecule has 0 radical (unpaired) electrons. The Labute approximate surface area is 69.8 Å². The molecule has 0 aliphatic rings. The topological polar surface area (TPSA) is 23.8 Å². The molecule has 0 amide bonds. The molecular formula is C4H10Li2N+. The van der Waals surface area contributed by atoms with Gasteiger partial charge in [0.15, 0.2) is 0 Å². The summed E-state index contributed by atoms with van der Waals surface area (Å²) in [5.74, 6) is 0. The van der Waals surface area contributed by atoms with Crippen molar-refractivity contribution in [2.45, 2.75) is 26.3 Å². The van der Waals surface area contributed by atoms with Crippen LogP contribution in [0.2, 0.25) is 0 Å². The van der Waals surface area contributed by atoms with Gasteiger partial charge in [0, 0.05) is 0 Å². The summed E-state index contributed by atoms with van der Waals surface area (Å²) in [4.78, 5) is 0. The van der Waals surface area contributed by atoms with Gasteiger partial charge in [-0.3, -0.25) is 0 Å². The molecule has 0 unspecified atom stereocenters. The van der Waals surface area contributed by atoms with Crippen LogP contribution in [0.4, 0.5) is 0 Å². The first kappa shape index (κ1) is 15.7. The Morgan fingerprint density at radius 2 is 1.00 bits per heavy atom. The first-order chi connectivity index (χ1) is 2.00. The van der Waals surface area contributed by atoms with Crippen molar-refractivity contribution >= 4 is 0 Å². The SMILES string of the molecule is CC(C)(C)[NH-].[Li+].[Li+]. The average molecular weight is 86.0 g/mol. The number of rotatable bonds is 0. The number of nitrogens with one attached hydrogen (secondary N) is 1. The standard InChI is InChI=1S/C4H10N.2Li/c1-4(2,3)5;;/h5H,1-3H3;;/q-1;2*+1. The average Bonchev–Trinajstić information content (AvgIpc) is 0.722. The summed E-state index contributed by atoms with van der Waals surface area (Å²) in [6.45, 7) is 5.56. The van der Waals surface area contributed by atoms with Crippen LogP contribution in [0, 0.1) is 0 Å². The summed E-state index contributed by atoms with van der Waals surface area (Å²) in [5, 5.41) is 0. The predicted octanol–water partition coefficient (Wildman–Crippen LogP) is -4.15. The Kier molecular flexibility index (Phi) is 11.9. The Morgan fingerprint density at radius 3 is 1.00 bits per heavy atom. The summed E-state index contributed by atoms with van der Waals surface area (Å²) in [5.41, 5.74) is 6.69. The van der Waals surface area contributed by atoms with E-state index in [0.29, 0.717) is 0 Å². The number of hydrogen-bond acceptors (Lipinski definition) is 0. The Bertz CT molecular complexity index is 25.2. The van der Waals surface area contributed by atoms with Crippen LogP contribution in [0.25, 0.3) is 5.73 Å². The normalized spacial score (nSPS) is 8.57. The summed E-state index contributed by atoms with van der Waals surface area (Å²) in [7, 11) is 0. The molecule has 0 aliphatic heterocycles. The van der Waals surface area contributed by atoms with E-state index in [1.54, 1.807) is 0 Å². The maximum absolute atomic E-state index is 6.94. The van der Waals surface area contributed by atoms with Crippen molar-refractivity contribution in [3.63, 3.8) is 0 Å². The van der Waals surface area contributed by atoms with Crippen molar-refractivity contribution in [2.24, 2.45) is 0 Å². The Morgan fingerprint density at radius 1 is 1.00 bits per heavy atom. The Hall–Kier alpha value is 1.15. The molecule has 1 N–H and O–H groups in total. The minimum Gasteiger partial charge on any atom is -0.673 e. The molecule has 1 nitrogen and oxygen atoms in total. The van der Waals surface area contributed by atoms with Crippen molar-refractivity contribution in [3.8, 4) is 0 Å². The summed E-state index contributed by atoms with van der Waals surface area (Å²) in [6.07, 6.45) is 0. The largest absolute Gasteiger partial charge is 1.00 e. The summed E-state index contributed by atoms with van der Waals surface area (Å²) < 4.78 is 0. The van der Waals surface area contributed by atoms with Gasteiger partial charge in [0.25, 0.3) is 0 Å². The molecule has 32 valence electrons.